The highest BCUT2D eigenvalue weighted by Gasteiger charge is 2.20. The van der Waals surface area contributed by atoms with Crippen molar-refractivity contribution in [2.75, 3.05) is 27.2 Å². The number of tetrazole rings is 1. The van der Waals surface area contributed by atoms with E-state index in [9.17, 15) is 4.79 Å². The van der Waals surface area contributed by atoms with E-state index in [-0.39, 0.29) is 11.9 Å². The number of hydrogen-bond acceptors (Lipinski definition) is 6. The van der Waals surface area contributed by atoms with E-state index in [0.717, 1.165) is 42.7 Å². The Labute approximate surface area is 179 Å². The number of carbonyl (C=O) groups excluding carboxylic acids is 1. The Hall–Kier alpha value is -2.48. The summed E-state index contributed by atoms with van der Waals surface area (Å²) in [6, 6.07) is 7.84. The maximum Gasteiger partial charge on any atom is 0.222 e. The van der Waals surface area contributed by atoms with Gasteiger partial charge in [-0.3, -0.25) is 9.69 Å². The lowest BCUT2D eigenvalue weighted by atomic mass is 9.99. The van der Waals surface area contributed by atoms with E-state index < -0.39 is 0 Å². The van der Waals surface area contributed by atoms with E-state index in [4.69, 9.17) is 4.74 Å². The van der Waals surface area contributed by atoms with Gasteiger partial charge in [0.25, 0.3) is 0 Å². The van der Waals surface area contributed by atoms with E-state index in [2.05, 4.69) is 27.3 Å². The standard InChI is InChI=1S/C22H34N6O2/c1-17-10-13-27(14-11-17)16-21-23-24-25-28(21)12-6-9-22(29)26(3)18(2)19-7-5-8-20(15-19)30-4/h5,7-8,15,17-18H,6,9-14,16H2,1-4H3/t18-/m0/s1. The van der Waals surface area contributed by atoms with Crippen LogP contribution in [0, 0.1) is 5.92 Å². The van der Waals surface area contributed by atoms with Crippen molar-refractivity contribution < 1.29 is 9.53 Å². The highest BCUT2D eigenvalue weighted by molar-refractivity contribution is 5.76. The fourth-order valence-corrected chi connectivity index (χ4v) is 3.83. The third-order valence-corrected chi connectivity index (χ3v) is 6.16. The van der Waals surface area contributed by atoms with Crippen molar-refractivity contribution in [2.24, 2.45) is 5.92 Å². The van der Waals surface area contributed by atoms with Gasteiger partial charge in [0.1, 0.15) is 5.75 Å². The molecule has 3 rings (SSSR count). The van der Waals surface area contributed by atoms with Crippen LogP contribution in [0.3, 0.4) is 0 Å². The number of ether oxygens (including phenoxy) is 1. The molecule has 0 aliphatic carbocycles. The predicted molar refractivity (Wildman–Crippen MR) is 115 cm³/mol. The molecule has 0 saturated carbocycles. The summed E-state index contributed by atoms with van der Waals surface area (Å²) in [5, 5.41) is 12.2. The third kappa shape index (κ3) is 5.78. The first kappa shape index (κ1) is 22.2. The zero-order valence-electron chi connectivity index (χ0n) is 18.6. The minimum atomic E-state index is -0.0160. The van der Waals surface area contributed by atoms with Crippen molar-refractivity contribution in [1.29, 1.82) is 0 Å². The molecule has 2 heterocycles. The molecule has 8 heteroatoms. The molecule has 164 valence electrons. The Bertz CT molecular complexity index is 815. The lowest BCUT2D eigenvalue weighted by Crippen LogP contribution is -2.33. The first-order valence-corrected chi connectivity index (χ1v) is 10.8. The molecule has 2 aromatic rings. The van der Waals surface area contributed by atoms with Crippen molar-refractivity contribution in [3.63, 3.8) is 0 Å². The van der Waals surface area contributed by atoms with Crippen LogP contribution < -0.4 is 4.74 Å². The van der Waals surface area contributed by atoms with Gasteiger partial charge in [-0.05, 0) is 73.3 Å². The van der Waals surface area contributed by atoms with Gasteiger partial charge in [0.15, 0.2) is 5.82 Å². The maximum atomic E-state index is 12.7. The lowest BCUT2D eigenvalue weighted by Gasteiger charge is -2.29. The largest absolute Gasteiger partial charge is 0.497 e. The number of rotatable bonds is 9. The fourth-order valence-electron chi connectivity index (χ4n) is 3.83. The molecule has 1 amide bonds. The normalized spacial score (nSPS) is 16.4. The molecule has 1 fully saturated rings. The minimum Gasteiger partial charge on any atom is -0.497 e. The van der Waals surface area contributed by atoms with Crippen molar-refractivity contribution >= 4 is 5.91 Å². The average Bonchev–Trinajstić information content (AvgIpc) is 3.21. The smallest absolute Gasteiger partial charge is 0.222 e. The van der Waals surface area contributed by atoms with Crippen molar-refractivity contribution in [3.8, 4) is 5.75 Å². The van der Waals surface area contributed by atoms with E-state index in [0.29, 0.717) is 19.4 Å². The molecule has 1 aromatic carbocycles. The number of methoxy groups -OCH3 is 1. The second-order valence-corrected chi connectivity index (χ2v) is 8.34. The van der Waals surface area contributed by atoms with E-state index in [1.54, 1.807) is 12.0 Å². The van der Waals surface area contributed by atoms with Crippen LogP contribution in [0.25, 0.3) is 0 Å². The summed E-state index contributed by atoms with van der Waals surface area (Å²) in [6.07, 6.45) is 3.64. The molecule has 1 aromatic heterocycles. The molecule has 1 atom stereocenters. The molecule has 1 aliphatic heterocycles. The summed E-state index contributed by atoms with van der Waals surface area (Å²) in [5.74, 6) is 2.61. The van der Waals surface area contributed by atoms with Gasteiger partial charge in [-0.1, -0.05) is 19.1 Å². The van der Waals surface area contributed by atoms with Gasteiger partial charge in [-0.15, -0.1) is 5.10 Å². The summed E-state index contributed by atoms with van der Waals surface area (Å²) in [4.78, 5) is 16.9. The predicted octanol–water partition coefficient (Wildman–Crippen LogP) is 2.91. The van der Waals surface area contributed by atoms with Crippen LogP contribution in [0.2, 0.25) is 0 Å². The van der Waals surface area contributed by atoms with Gasteiger partial charge in [0, 0.05) is 20.0 Å². The van der Waals surface area contributed by atoms with Crippen molar-refractivity contribution in [1.82, 2.24) is 30.0 Å². The number of nitrogens with zero attached hydrogens (tertiary/aromatic N) is 6. The second kappa shape index (κ2) is 10.5. The Kier molecular flexibility index (Phi) is 7.79. The number of carbonyl (C=O) groups is 1. The van der Waals surface area contributed by atoms with Crippen LogP contribution in [0.4, 0.5) is 0 Å². The first-order valence-electron chi connectivity index (χ1n) is 10.8. The van der Waals surface area contributed by atoms with Crippen LogP contribution in [-0.4, -0.2) is 63.2 Å². The zero-order chi connectivity index (χ0) is 21.5. The zero-order valence-corrected chi connectivity index (χ0v) is 18.6. The Morgan fingerprint density at radius 2 is 2.10 bits per heavy atom. The minimum absolute atomic E-state index is 0.0160. The number of hydrogen-bond donors (Lipinski definition) is 0. The highest BCUT2D eigenvalue weighted by Crippen LogP contribution is 2.23. The van der Waals surface area contributed by atoms with Crippen LogP contribution in [0.15, 0.2) is 24.3 Å². The summed E-state index contributed by atoms with van der Waals surface area (Å²) in [6.45, 7) is 7.97. The van der Waals surface area contributed by atoms with Gasteiger partial charge in [0.2, 0.25) is 5.91 Å². The van der Waals surface area contributed by atoms with Crippen LogP contribution in [-0.2, 0) is 17.9 Å². The summed E-state index contributed by atoms with van der Waals surface area (Å²) >= 11 is 0. The highest BCUT2D eigenvalue weighted by atomic mass is 16.5. The quantitative estimate of drug-likeness (QED) is 0.628. The number of likely N-dealkylation sites (tertiary alicyclic amines) is 1. The molecule has 8 nitrogen and oxygen atoms in total. The number of piperidine rings is 1. The van der Waals surface area contributed by atoms with Crippen molar-refractivity contribution in [3.05, 3.63) is 35.7 Å². The Morgan fingerprint density at radius 3 is 2.83 bits per heavy atom. The van der Waals surface area contributed by atoms with Gasteiger partial charge in [-0.25, -0.2) is 4.68 Å². The number of aromatic nitrogens is 4. The van der Waals surface area contributed by atoms with Crippen molar-refractivity contribution in [2.45, 2.75) is 58.7 Å². The monoisotopic (exact) mass is 414 g/mol. The number of aryl methyl sites for hydroxylation is 1. The summed E-state index contributed by atoms with van der Waals surface area (Å²) in [7, 11) is 3.50. The number of benzene rings is 1. The van der Waals surface area contributed by atoms with Crippen LogP contribution >= 0.6 is 0 Å². The maximum absolute atomic E-state index is 12.7. The topological polar surface area (TPSA) is 76.4 Å². The number of amides is 1. The molecule has 1 saturated heterocycles. The molecule has 1 aliphatic rings. The van der Waals surface area contributed by atoms with Gasteiger partial charge in [0.05, 0.1) is 19.7 Å². The lowest BCUT2D eigenvalue weighted by molar-refractivity contribution is -0.132. The molecular formula is C22H34N6O2. The molecule has 0 radical (unpaired) electrons. The van der Waals surface area contributed by atoms with E-state index >= 15 is 0 Å². The van der Waals surface area contributed by atoms with E-state index in [1.165, 1.54) is 12.8 Å². The molecule has 0 spiro atoms. The average molecular weight is 415 g/mol. The molecular weight excluding hydrogens is 380 g/mol. The Morgan fingerprint density at radius 1 is 1.33 bits per heavy atom. The molecule has 30 heavy (non-hydrogen) atoms. The third-order valence-electron chi connectivity index (χ3n) is 6.16. The summed E-state index contributed by atoms with van der Waals surface area (Å²) in [5.41, 5.74) is 1.06. The summed E-state index contributed by atoms with van der Waals surface area (Å²) < 4.78 is 7.14. The fraction of sp³-hybridized carbons (Fsp3) is 0.636. The van der Waals surface area contributed by atoms with E-state index in [1.807, 2.05) is 42.9 Å². The van der Waals surface area contributed by atoms with Crippen LogP contribution in [0.1, 0.15) is 57.0 Å². The van der Waals surface area contributed by atoms with Gasteiger partial charge < -0.3 is 9.64 Å². The van der Waals surface area contributed by atoms with Crippen LogP contribution in [0.5, 0.6) is 5.75 Å². The molecule has 0 N–H and O–H groups in total. The SMILES string of the molecule is COc1cccc([C@H](C)N(C)C(=O)CCCn2nnnc2CN2CCC(C)CC2)c1. The van der Waals surface area contributed by atoms with Gasteiger partial charge >= 0.3 is 0 Å². The first-order chi connectivity index (χ1) is 14.5. The molecule has 0 unspecified atom stereocenters. The Balaban J connectivity index is 1.48. The molecule has 0 bridgehead atoms. The van der Waals surface area contributed by atoms with Gasteiger partial charge in [-0.2, -0.15) is 0 Å². The second-order valence-electron chi connectivity index (χ2n) is 8.34.